The number of allylic oxidation sites excluding steroid dienone is 1. The number of aliphatic carboxylic acids is 1. The molecule has 82 valence electrons. The zero-order valence-corrected chi connectivity index (χ0v) is 8.79. The molecule has 0 aromatic carbocycles. The average molecular weight is 199 g/mol. The van der Waals surface area contributed by atoms with Gasteiger partial charge in [-0.3, -0.25) is 0 Å². The summed E-state index contributed by atoms with van der Waals surface area (Å²) >= 11 is 0. The number of carboxylic acid groups (broad SMARTS) is 1. The van der Waals surface area contributed by atoms with Gasteiger partial charge < -0.3 is 10.2 Å². The molecule has 0 unspecified atom stereocenters. The summed E-state index contributed by atoms with van der Waals surface area (Å²) in [7, 11) is 0. The van der Waals surface area contributed by atoms with Crippen LogP contribution in [0.3, 0.4) is 0 Å². The Morgan fingerprint density at radius 2 is 1.79 bits per heavy atom. The molecule has 0 rings (SSSR count). The van der Waals surface area contributed by atoms with Crippen LogP contribution in [-0.4, -0.2) is 11.1 Å². The van der Waals surface area contributed by atoms with E-state index in [-0.39, 0.29) is 0 Å². The van der Waals surface area contributed by atoms with E-state index in [0.29, 0.717) is 6.42 Å². The molecule has 0 amide bonds. The molecule has 0 atom stereocenters. The number of unbranched alkanes of at least 4 members (excludes halogenated alkanes) is 6. The van der Waals surface area contributed by atoms with Crippen LogP contribution in [0.5, 0.6) is 0 Å². The maximum atomic E-state index is 10.6. The highest BCUT2D eigenvalue weighted by Crippen LogP contribution is 2.07. The monoisotopic (exact) mass is 199 g/mol. The van der Waals surface area contributed by atoms with Crippen molar-refractivity contribution in [3.8, 4) is 0 Å². The maximum Gasteiger partial charge on any atom is 0.320 e. The predicted octanol–water partition coefficient (Wildman–Crippen LogP) is 2.07. The van der Waals surface area contributed by atoms with Gasteiger partial charge in [0.2, 0.25) is 0 Å². The fraction of sp³-hybridized carbons (Fsp3) is 0.727. The van der Waals surface area contributed by atoms with Crippen LogP contribution in [0.25, 0.3) is 0 Å². The van der Waals surface area contributed by atoms with E-state index in [2.05, 4.69) is 6.92 Å². The highest BCUT2D eigenvalue weighted by atomic mass is 16.4. The van der Waals surface area contributed by atoms with Gasteiger partial charge in [0.05, 0.1) is 0 Å². The van der Waals surface area contributed by atoms with Crippen LogP contribution in [0.4, 0.5) is 0 Å². The Morgan fingerprint density at radius 1 is 1.21 bits per heavy atom. The normalized spacial score (nSPS) is 11.6. The summed E-state index contributed by atoms with van der Waals surface area (Å²) in [4.78, 5) is 10.1. The van der Waals surface area contributed by atoms with Crippen LogP contribution in [0, 0.1) is 0 Å². The van der Waals surface area contributed by atoms with Crippen molar-refractivity contribution in [1.82, 2.24) is 0 Å². The molecule has 0 aliphatic carbocycles. The number of carbonyl (C=O) groups is 1. The van der Waals surface area contributed by atoms with Crippen molar-refractivity contribution in [2.24, 2.45) is 0 Å². The number of rotatable bonds is 8. The minimum atomic E-state index is -1.35. The van der Waals surface area contributed by atoms with Gasteiger partial charge in [0.15, 0.2) is 0 Å². The largest absolute Gasteiger partial charge is 0.868 e. The molecule has 0 saturated carbocycles. The quantitative estimate of drug-likeness (QED) is 0.370. The molecular weight excluding hydrogens is 180 g/mol. The molecule has 3 nitrogen and oxygen atoms in total. The third kappa shape index (κ3) is 7.65. The van der Waals surface area contributed by atoms with Crippen molar-refractivity contribution >= 4 is 5.97 Å². The van der Waals surface area contributed by atoms with Crippen molar-refractivity contribution in [2.75, 3.05) is 0 Å². The average Bonchev–Trinajstić information content (AvgIpc) is 2.16. The van der Waals surface area contributed by atoms with Crippen molar-refractivity contribution in [3.05, 3.63) is 11.8 Å². The third-order valence-corrected chi connectivity index (χ3v) is 2.10. The molecule has 0 saturated heterocycles. The minimum absolute atomic E-state index is 0.595. The van der Waals surface area contributed by atoms with E-state index in [0.717, 1.165) is 12.8 Å². The Balaban J connectivity index is 3.29. The zero-order chi connectivity index (χ0) is 10.8. The van der Waals surface area contributed by atoms with Gasteiger partial charge >= 0.3 is 5.97 Å². The van der Waals surface area contributed by atoms with Crippen LogP contribution in [-0.2, 0) is 4.79 Å². The highest BCUT2D eigenvalue weighted by molar-refractivity contribution is 5.82. The first-order valence-electron chi connectivity index (χ1n) is 5.29. The molecule has 3 heteroatoms. The van der Waals surface area contributed by atoms with Gasteiger partial charge in [0.25, 0.3) is 0 Å². The van der Waals surface area contributed by atoms with E-state index >= 15 is 0 Å². The first-order chi connectivity index (χ1) is 6.68. The van der Waals surface area contributed by atoms with Crippen molar-refractivity contribution in [1.29, 1.82) is 0 Å². The summed E-state index contributed by atoms with van der Waals surface area (Å²) in [6.45, 7) is 2.17. The topological polar surface area (TPSA) is 60.4 Å². The first kappa shape index (κ1) is 13.0. The first-order valence-corrected chi connectivity index (χ1v) is 5.29. The van der Waals surface area contributed by atoms with E-state index in [1.807, 2.05) is 0 Å². The lowest BCUT2D eigenvalue weighted by Crippen LogP contribution is -2.13. The molecule has 0 bridgehead atoms. The standard InChI is InChI=1S/C11H20O3/c1-2-3-4-5-6-7-8-9-10(12)11(13)14/h9,12H,2-8H2,1H3,(H,13,14)/p-1/b10-9-. The Kier molecular flexibility index (Phi) is 7.99. The molecule has 0 fully saturated rings. The van der Waals surface area contributed by atoms with Crippen LogP contribution < -0.4 is 5.11 Å². The van der Waals surface area contributed by atoms with Crippen molar-refractivity contribution in [2.45, 2.75) is 51.9 Å². The predicted molar refractivity (Wildman–Crippen MR) is 53.7 cm³/mol. The van der Waals surface area contributed by atoms with E-state index in [1.54, 1.807) is 0 Å². The molecule has 0 spiro atoms. The lowest BCUT2D eigenvalue weighted by Gasteiger charge is -2.04. The van der Waals surface area contributed by atoms with Gasteiger partial charge in [-0.1, -0.05) is 45.1 Å². The van der Waals surface area contributed by atoms with Gasteiger partial charge in [-0.2, -0.15) is 0 Å². The van der Waals surface area contributed by atoms with Gasteiger partial charge in [-0.15, -0.1) is 0 Å². The summed E-state index contributed by atoms with van der Waals surface area (Å²) in [5.74, 6) is -2.13. The molecule has 1 N–H and O–H groups in total. The maximum absolute atomic E-state index is 10.6. The Hall–Kier alpha value is -0.990. The van der Waals surface area contributed by atoms with Crippen LogP contribution >= 0.6 is 0 Å². The molecule has 0 radical (unpaired) electrons. The van der Waals surface area contributed by atoms with Gasteiger partial charge in [-0.25, -0.2) is 4.79 Å². The summed E-state index contributed by atoms with van der Waals surface area (Å²) < 4.78 is 0. The molecule has 14 heavy (non-hydrogen) atoms. The second kappa shape index (κ2) is 8.60. The van der Waals surface area contributed by atoms with E-state index in [4.69, 9.17) is 5.11 Å². The molecule has 0 aromatic heterocycles. The third-order valence-electron chi connectivity index (χ3n) is 2.10. The lowest BCUT2D eigenvalue weighted by molar-refractivity contribution is -0.303. The summed E-state index contributed by atoms with van der Waals surface area (Å²) in [6.07, 6.45) is 8.78. The van der Waals surface area contributed by atoms with Gasteiger partial charge in [-0.05, 0) is 18.6 Å². The number of hydrogen-bond donors (Lipinski definition) is 1. The van der Waals surface area contributed by atoms with Crippen LogP contribution in [0.15, 0.2) is 11.8 Å². The van der Waals surface area contributed by atoms with Crippen LogP contribution in [0.2, 0.25) is 0 Å². The molecule has 0 aliphatic rings. The van der Waals surface area contributed by atoms with Crippen molar-refractivity contribution in [3.63, 3.8) is 0 Å². The summed E-state index contributed by atoms with van der Waals surface area (Å²) in [5.41, 5.74) is 0. The van der Waals surface area contributed by atoms with E-state index < -0.39 is 11.7 Å². The Labute approximate surface area is 85.4 Å². The van der Waals surface area contributed by atoms with Gasteiger partial charge in [0, 0.05) is 0 Å². The summed E-state index contributed by atoms with van der Waals surface area (Å²) in [6, 6.07) is 0. The Morgan fingerprint density at radius 3 is 2.36 bits per heavy atom. The second-order valence-corrected chi connectivity index (χ2v) is 3.43. The number of carboxylic acids is 1. The molecule has 0 aromatic rings. The molecule has 0 heterocycles. The smallest absolute Gasteiger partial charge is 0.320 e. The second-order valence-electron chi connectivity index (χ2n) is 3.43. The van der Waals surface area contributed by atoms with Crippen LogP contribution in [0.1, 0.15) is 51.9 Å². The molecular formula is C11H19O3-. The van der Waals surface area contributed by atoms with Crippen molar-refractivity contribution < 1.29 is 15.0 Å². The van der Waals surface area contributed by atoms with E-state index in [1.165, 1.54) is 31.8 Å². The fourth-order valence-corrected chi connectivity index (χ4v) is 1.25. The lowest BCUT2D eigenvalue weighted by atomic mass is 10.1. The SMILES string of the molecule is CCCCCCCC/C=C(\[O-])C(=O)O. The number of hydrogen-bond acceptors (Lipinski definition) is 2. The van der Waals surface area contributed by atoms with E-state index in [9.17, 15) is 9.90 Å². The minimum Gasteiger partial charge on any atom is -0.868 e. The zero-order valence-electron chi connectivity index (χ0n) is 8.79. The molecule has 0 aliphatic heterocycles. The fourth-order valence-electron chi connectivity index (χ4n) is 1.25. The highest BCUT2D eigenvalue weighted by Gasteiger charge is 1.92. The van der Waals surface area contributed by atoms with Gasteiger partial charge in [0.1, 0.15) is 0 Å². The summed E-state index contributed by atoms with van der Waals surface area (Å²) in [5, 5.41) is 18.9. The Bertz CT molecular complexity index is 185.